The van der Waals surface area contributed by atoms with E-state index in [9.17, 15) is 0 Å². The summed E-state index contributed by atoms with van der Waals surface area (Å²) in [6, 6.07) is 0.587. The number of hydrogen-bond acceptors (Lipinski definition) is 3. The zero-order valence-corrected chi connectivity index (χ0v) is 10.7. The van der Waals surface area contributed by atoms with Gasteiger partial charge in [0.25, 0.3) is 0 Å². The van der Waals surface area contributed by atoms with Gasteiger partial charge < -0.3 is 10.6 Å². The Morgan fingerprint density at radius 3 is 3.00 bits per heavy atom. The van der Waals surface area contributed by atoms with E-state index in [2.05, 4.69) is 25.8 Å². The second-order valence-corrected chi connectivity index (χ2v) is 4.83. The van der Waals surface area contributed by atoms with Gasteiger partial charge in [-0.3, -0.25) is 5.10 Å². The SMILES string of the molecule is S=C(NCCCc1ncn[nH]1)NC1CCCC1. The molecule has 0 amide bonds. The van der Waals surface area contributed by atoms with E-state index in [1.165, 1.54) is 32.0 Å². The van der Waals surface area contributed by atoms with Crippen molar-refractivity contribution in [2.75, 3.05) is 6.54 Å². The summed E-state index contributed by atoms with van der Waals surface area (Å²) in [6.07, 6.45) is 8.59. The van der Waals surface area contributed by atoms with Gasteiger partial charge in [-0.05, 0) is 31.5 Å². The molecule has 0 aromatic carbocycles. The molecule has 1 aromatic rings. The molecule has 1 saturated carbocycles. The van der Waals surface area contributed by atoms with E-state index in [1.54, 1.807) is 0 Å². The first-order valence-corrected chi connectivity index (χ1v) is 6.64. The van der Waals surface area contributed by atoms with Crippen molar-refractivity contribution in [1.82, 2.24) is 25.8 Å². The van der Waals surface area contributed by atoms with Crippen LogP contribution in [-0.4, -0.2) is 32.9 Å². The van der Waals surface area contributed by atoms with Gasteiger partial charge >= 0.3 is 0 Å². The van der Waals surface area contributed by atoms with Gasteiger partial charge in [0.15, 0.2) is 5.11 Å². The van der Waals surface area contributed by atoms with E-state index in [1.807, 2.05) is 0 Å². The highest BCUT2D eigenvalue weighted by atomic mass is 32.1. The third-order valence-corrected chi connectivity index (χ3v) is 3.29. The number of aryl methyl sites for hydroxylation is 1. The number of rotatable bonds is 5. The molecule has 0 radical (unpaired) electrons. The van der Waals surface area contributed by atoms with E-state index in [4.69, 9.17) is 12.2 Å². The summed E-state index contributed by atoms with van der Waals surface area (Å²) in [5, 5.41) is 14.0. The van der Waals surface area contributed by atoms with Crippen LogP contribution in [0.4, 0.5) is 0 Å². The molecule has 0 bridgehead atoms. The molecule has 3 N–H and O–H groups in total. The van der Waals surface area contributed by atoms with Crippen LogP contribution in [0.2, 0.25) is 0 Å². The van der Waals surface area contributed by atoms with Crippen LogP contribution >= 0.6 is 12.2 Å². The zero-order chi connectivity index (χ0) is 11.9. The third kappa shape index (κ3) is 4.30. The van der Waals surface area contributed by atoms with Crippen molar-refractivity contribution in [3.8, 4) is 0 Å². The largest absolute Gasteiger partial charge is 0.363 e. The first kappa shape index (κ1) is 12.3. The van der Waals surface area contributed by atoms with Crippen LogP contribution in [0.5, 0.6) is 0 Å². The van der Waals surface area contributed by atoms with Crippen molar-refractivity contribution < 1.29 is 0 Å². The lowest BCUT2D eigenvalue weighted by atomic mass is 10.2. The molecule has 1 aromatic heterocycles. The highest BCUT2D eigenvalue weighted by molar-refractivity contribution is 7.80. The standard InChI is InChI=1S/C11H19N5S/c17-11(15-9-4-1-2-5-9)12-7-3-6-10-13-8-14-16-10/h8-9H,1-7H2,(H2,12,15,17)(H,13,14,16). The minimum Gasteiger partial charge on any atom is -0.363 e. The van der Waals surface area contributed by atoms with E-state index >= 15 is 0 Å². The Kier molecular flexibility index (Phi) is 4.73. The van der Waals surface area contributed by atoms with Gasteiger partial charge in [0, 0.05) is 19.0 Å². The maximum atomic E-state index is 5.25. The van der Waals surface area contributed by atoms with Crippen LogP contribution in [0.1, 0.15) is 37.9 Å². The van der Waals surface area contributed by atoms with E-state index < -0.39 is 0 Å². The van der Waals surface area contributed by atoms with Crippen molar-refractivity contribution in [3.63, 3.8) is 0 Å². The smallest absolute Gasteiger partial charge is 0.166 e. The van der Waals surface area contributed by atoms with Crippen molar-refractivity contribution in [1.29, 1.82) is 0 Å². The van der Waals surface area contributed by atoms with Gasteiger partial charge in [-0.1, -0.05) is 12.8 Å². The van der Waals surface area contributed by atoms with E-state index in [0.29, 0.717) is 6.04 Å². The second kappa shape index (κ2) is 6.54. The van der Waals surface area contributed by atoms with Crippen LogP contribution in [0.15, 0.2) is 6.33 Å². The average Bonchev–Trinajstić information content (AvgIpc) is 2.96. The van der Waals surface area contributed by atoms with Gasteiger partial charge in [-0.2, -0.15) is 5.10 Å². The van der Waals surface area contributed by atoms with Crippen LogP contribution in [0, 0.1) is 0 Å². The fraction of sp³-hybridized carbons (Fsp3) is 0.727. The zero-order valence-electron chi connectivity index (χ0n) is 9.91. The highest BCUT2D eigenvalue weighted by Gasteiger charge is 2.14. The molecule has 0 aliphatic heterocycles. The lowest BCUT2D eigenvalue weighted by Gasteiger charge is -2.15. The summed E-state index contributed by atoms with van der Waals surface area (Å²) in [5.41, 5.74) is 0. The predicted octanol–water partition coefficient (Wildman–Crippen LogP) is 1.14. The van der Waals surface area contributed by atoms with Crippen LogP contribution in [0.3, 0.4) is 0 Å². The quantitative estimate of drug-likeness (QED) is 0.542. The summed E-state index contributed by atoms with van der Waals surface area (Å²) < 4.78 is 0. The maximum absolute atomic E-state index is 5.25. The van der Waals surface area contributed by atoms with Gasteiger partial charge in [-0.25, -0.2) is 4.98 Å². The molecule has 6 heteroatoms. The second-order valence-electron chi connectivity index (χ2n) is 4.42. The molecule has 0 spiro atoms. The van der Waals surface area contributed by atoms with E-state index in [0.717, 1.165) is 30.3 Å². The summed E-state index contributed by atoms with van der Waals surface area (Å²) >= 11 is 5.25. The topological polar surface area (TPSA) is 65.6 Å². The lowest BCUT2D eigenvalue weighted by molar-refractivity contribution is 0.617. The predicted molar refractivity (Wildman–Crippen MR) is 70.7 cm³/mol. The molecule has 0 atom stereocenters. The first-order valence-electron chi connectivity index (χ1n) is 6.23. The van der Waals surface area contributed by atoms with Crippen molar-refractivity contribution in [2.45, 2.75) is 44.6 Å². The number of aromatic nitrogens is 3. The number of H-pyrrole nitrogens is 1. The molecular formula is C11H19N5S. The van der Waals surface area contributed by atoms with Crippen LogP contribution in [-0.2, 0) is 6.42 Å². The molecule has 17 heavy (non-hydrogen) atoms. The van der Waals surface area contributed by atoms with Crippen molar-refractivity contribution in [3.05, 3.63) is 12.2 Å². The normalized spacial score (nSPS) is 16.0. The van der Waals surface area contributed by atoms with Crippen LogP contribution < -0.4 is 10.6 Å². The Morgan fingerprint density at radius 1 is 1.47 bits per heavy atom. The van der Waals surface area contributed by atoms with Crippen molar-refractivity contribution in [2.24, 2.45) is 0 Å². The fourth-order valence-electron chi connectivity index (χ4n) is 2.12. The molecule has 1 fully saturated rings. The molecule has 1 heterocycles. The maximum Gasteiger partial charge on any atom is 0.166 e. The number of nitrogens with zero attached hydrogens (tertiary/aromatic N) is 2. The molecule has 2 rings (SSSR count). The monoisotopic (exact) mass is 253 g/mol. The summed E-state index contributed by atoms with van der Waals surface area (Å²) in [4.78, 5) is 4.07. The van der Waals surface area contributed by atoms with Gasteiger partial charge in [0.05, 0.1) is 0 Å². The third-order valence-electron chi connectivity index (χ3n) is 3.03. The van der Waals surface area contributed by atoms with Crippen LogP contribution in [0.25, 0.3) is 0 Å². The molecule has 0 unspecified atom stereocenters. The summed E-state index contributed by atoms with van der Waals surface area (Å²) in [7, 11) is 0. The molecule has 0 saturated heterocycles. The molecule has 5 nitrogen and oxygen atoms in total. The Morgan fingerprint density at radius 2 is 2.29 bits per heavy atom. The Balaban J connectivity index is 1.53. The van der Waals surface area contributed by atoms with Gasteiger partial charge in [-0.15, -0.1) is 0 Å². The number of aromatic amines is 1. The van der Waals surface area contributed by atoms with Gasteiger partial charge in [0.2, 0.25) is 0 Å². The number of nitrogens with one attached hydrogen (secondary N) is 3. The molecule has 1 aliphatic rings. The lowest BCUT2D eigenvalue weighted by Crippen LogP contribution is -2.41. The Labute approximate surface area is 107 Å². The minimum atomic E-state index is 0.587. The minimum absolute atomic E-state index is 0.587. The highest BCUT2D eigenvalue weighted by Crippen LogP contribution is 2.17. The Bertz CT molecular complexity index is 332. The molecule has 1 aliphatic carbocycles. The van der Waals surface area contributed by atoms with Crippen molar-refractivity contribution >= 4 is 17.3 Å². The summed E-state index contributed by atoms with van der Waals surface area (Å²) in [5.74, 6) is 0.932. The Hall–Kier alpha value is -1.17. The molecular weight excluding hydrogens is 234 g/mol. The number of thiocarbonyl (C=S) groups is 1. The fourth-order valence-corrected chi connectivity index (χ4v) is 2.38. The molecule has 94 valence electrons. The van der Waals surface area contributed by atoms with E-state index in [-0.39, 0.29) is 0 Å². The summed E-state index contributed by atoms with van der Waals surface area (Å²) in [6.45, 7) is 0.874. The van der Waals surface area contributed by atoms with Gasteiger partial charge in [0.1, 0.15) is 12.2 Å². The first-order chi connectivity index (χ1) is 8.34. The number of hydrogen-bond donors (Lipinski definition) is 3. The average molecular weight is 253 g/mol.